The third kappa shape index (κ3) is 4.03. The number of rotatable bonds is 5. The molecule has 1 saturated heterocycles. The lowest BCUT2D eigenvalue weighted by Gasteiger charge is -2.43. The van der Waals surface area contributed by atoms with E-state index in [1.807, 2.05) is 24.3 Å². The molecule has 1 saturated carbocycles. The van der Waals surface area contributed by atoms with Gasteiger partial charge in [0.1, 0.15) is 12.1 Å². The van der Waals surface area contributed by atoms with E-state index in [1.165, 1.54) is 4.90 Å². The molecule has 1 unspecified atom stereocenters. The third-order valence-electron chi connectivity index (χ3n) is 7.20. The van der Waals surface area contributed by atoms with Crippen molar-refractivity contribution in [2.45, 2.75) is 30.7 Å². The number of hydrogen-bond donors (Lipinski definition) is 2. The Balaban J connectivity index is 1.26. The zero-order valence-corrected chi connectivity index (χ0v) is 18.9. The molecule has 8 nitrogen and oxygen atoms in total. The smallest absolute Gasteiger partial charge is 0.408 e. The van der Waals surface area contributed by atoms with E-state index in [9.17, 15) is 19.5 Å². The maximum atomic E-state index is 13.4. The lowest BCUT2D eigenvalue weighted by Crippen LogP contribution is -2.64. The second-order valence-corrected chi connectivity index (χ2v) is 9.25. The molecular weight excluding hydrogens is 436 g/mol. The molecule has 2 amide bonds. The van der Waals surface area contributed by atoms with Gasteiger partial charge in [-0.1, -0.05) is 48.5 Å². The highest BCUT2D eigenvalue weighted by molar-refractivity contribution is 5.91. The number of carboxylic acids is 1. The Morgan fingerprint density at radius 3 is 2.29 bits per heavy atom. The van der Waals surface area contributed by atoms with Crippen molar-refractivity contribution in [2.75, 3.05) is 32.9 Å². The summed E-state index contributed by atoms with van der Waals surface area (Å²) in [6.45, 7) is 0.893. The highest BCUT2D eigenvalue weighted by Crippen LogP contribution is 2.44. The van der Waals surface area contributed by atoms with Crippen molar-refractivity contribution in [3.8, 4) is 11.1 Å². The van der Waals surface area contributed by atoms with Crippen molar-refractivity contribution in [1.29, 1.82) is 0 Å². The van der Waals surface area contributed by atoms with E-state index in [1.54, 1.807) is 0 Å². The molecule has 2 fully saturated rings. The van der Waals surface area contributed by atoms with Crippen molar-refractivity contribution >= 4 is 18.0 Å². The summed E-state index contributed by atoms with van der Waals surface area (Å²) in [6, 6.07) is 16.2. The normalized spacial score (nSPS) is 20.9. The van der Waals surface area contributed by atoms with Gasteiger partial charge in [0.2, 0.25) is 5.91 Å². The number of hydrogen-bond acceptors (Lipinski definition) is 5. The molecule has 1 atom stereocenters. The summed E-state index contributed by atoms with van der Waals surface area (Å²) in [5.74, 6) is -2.10. The van der Waals surface area contributed by atoms with Gasteiger partial charge >= 0.3 is 12.1 Å². The average Bonchev–Trinajstić information content (AvgIpc) is 2.95. The SMILES string of the molecule is O=C(NC1(C(=O)N2CCOCC(C(=O)O)C2)CCC1)OCC1c2ccccc2-c2ccccc21. The van der Waals surface area contributed by atoms with Crippen molar-refractivity contribution in [2.24, 2.45) is 5.92 Å². The third-order valence-corrected chi connectivity index (χ3v) is 7.20. The average molecular weight is 465 g/mol. The number of aliphatic carboxylic acids is 1. The van der Waals surface area contributed by atoms with E-state index in [0.717, 1.165) is 28.7 Å². The second kappa shape index (κ2) is 9.10. The van der Waals surface area contributed by atoms with Crippen LogP contribution in [0.15, 0.2) is 48.5 Å². The molecule has 0 spiro atoms. The van der Waals surface area contributed by atoms with E-state index in [2.05, 4.69) is 29.6 Å². The van der Waals surface area contributed by atoms with Crippen LogP contribution >= 0.6 is 0 Å². The number of amides is 2. The number of carbonyl (C=O) groups is 3. The number of nitrogens with one attached hydrogen (secondary N) is 1. The van der Waals surface area contributed by atoms with Gasteiger partial charge in [0.15, 0.2) is 0 Å². The van der Waals surface area contributed by atoms with Crippen molar-refractivity contribution in [3.05, 3.63) is 59.7 Å². The van der Waals surface area contributed by atoms with Crippen LogP contribution in [0.1, 0.15) is 36.3 Å². The van der Waals surface area contributed by atoms with Gasteiger partial charge in [-0.25, -0.2) is 4.79 Å². The van der Waals surface area contributed by atoms with Crippen molar-refractivity contribution in [1.82, 2.24) is 10.2 Å². The predicted molar refractivity (Wildman–Crippen MR) is 123 cm³/mol. The Morgan fingerprint density at radius 2 is 1.71 bits per heavy atom. The standard InChI is InChI=1S/C26H28N2O6/c29-23(30)17-14-28(12-13-33-15-17)24(31)26(10-5-11-26)27-25(32)34-16-22-20-8-3-1-6-18(20)19-7-2-4-9-21(19)22/h1-4,6-9,17,22H,5,10-16H2,(H,27,32)(H,29,30). The number of ether oxygens (including phenoxy) is 2. The molecule has 0 radical (unpaired) electrons. The zero-order valence-electron chi connectivity index (χ0n) is 18.9. The maximum Gasteiger partial charge on any atom is 0.408 e. The van der Waals surface area contributed by atoms with Crippen molar-refractivity contribution in [3.63, 3.8) is 0 Å². The van der Waals surface area contributed by atoms with Gasteiger partial charge < -0.3 is 24.8 Å². The minimum Gasteiger partial charge on any atom is -0.481 e. The summed E-state index contributed by atoms with van der Waals surface area (Å²) in [6.07, 6.45) is 1.19. The quantitative estimate of drug-likeness (QED) is 0.705. The van der Waals surface area contributed by atoms with Crippen LogP contribution in [0.5, 0.6) is 0 Å². The molecular formula is C26H28N2O6. The van der Waals surface area contributed by atoms with Gasteiger partial charge in [0.25, 0.3) is 0 Å². The monoisotopic (exact) mass is 464 g/mol. The molecule has 2 aliphatic carbocycles. The van der Waals surface area contributed by atoms with Crippen LogP contribution < -0.4 is 5.32 Å². The molecule has 2 aromatic rings. The minimum absolute atomic E-state index is 0.0646. The number of alkyl carbamates (subject to hydrolysis) is 1. The Labute approximate surface area is 197 Å². The first-order valence-electron chi connectivity index (χ1n) is 11.7. The molecule has 2 N–H and O–H groups in total. The molecule has 1 aliphatic heterocycles. The Morgan fingerprint density at radius 1 is 1.06 bits per heavy atom. The van der Waals surface area contributed by atoms with Crippen LogP contribution in [-0.2, 0) is 19.1 Å². The summed E-state index contributed by atoms with van der Waals surface area (Å²) >= 11 is 0. The lowest BCUT2D eigenvalue weighted by molar-refractivity contribution is -0.146. The fourth-order valence-corrected chi connectivity index (χ4v) is 5.20. The summed E-state index contributed by atoms with van der Waals surface area (Å²) in [4.78, 5) is 39.2. The molecule has 178 valence electrons. The first kappa shape index (κ1) is 22.4. The molecule has 2 aromatic carbocycles. The largest absolute Gasteiger partial charge is 0.481 e. The summed E-state index contributed by atoms with van der Waals surface area (Å²) in [7, 11) is 0. The van der Waals surface area contributed by atoms with E-state index in [4.69, 9.17) is 9.47 Å². The topological polar surface area (TPSA) is 105 Å². The first-order chi connectivity index (χ1) is 16.5. The number of carbonyl (C=O) groups excluding carboxylic acids is 2. The Bertz CT molecular complexity index is 1070. The second-order valence-electron chi connectivity index (χ2n) is 9.25. The van der Waals surface area contributed by atoms with Gasteiger partial charge in [0.05, 0.1) is 19.1 Å². The van der Waals surface area contributed by atoms with Gasteiger partial charge in [0, 0.05) is 19.0 Å². The predicted octanol–water partition coefficient (Wildman–Crippen LogP) is 3.01. The highest BCUT2D eigenvalue weighted by Gasteiger charge is 2.49. The van der Waals surface area contributed by atoms with Crippen LogP contribution in [0.3, 0.4) is 0 Å². The Hall–Kier alpha value is -3.39. The van der Waals surface area contributed by atoms with Crippen LogP contribution in [0.25, 0.3) is 11.1 Å². The van der Waals surface area contributed by atoms with Crippen LogP contribution in [0.4, 0.5) is 4.79 Å². The van der Waals surface area contributed by atoms with Crippen LogP contribution in [-0.4, -0.2) is 66.4 Å². The minimum atomic E-state index is -1.05. The summed E-state index contributed by atoms with van der Waals surface area (Å²) in [5.41, 5.74) is 3.49. The van der Waals surface area contributed by atoms with E-state index in [0.29, 0.717) is 19.4 Å². The summed E-state index contributed by atoms with van der Waals surface area (Å²) < 4.78 is 11.0. The molecule has 5 rings (SSSR count). The number of benzene rings is 2. The van der Waals surface area contributed by atoms with Crippen LogP contribution in [0.2, 0.25) is 0 Å². The summed E-state index contributed by atoms with van der Waals surface area (Å²) in [5, 5.41) is 12.2. The van der Waals surface area contributed by atoms with Gasteiger partial charge in [-0.3, -0.25) is 9.59 Å². The molecule has 1 heterocycles. The maximum absolute atomic E-state index is 13.4. The molecule has 8 heteroatoms. The van der Waals surface area contributed by atoms with E-state index >= 15 is 0 Å². The molecule has 34 heavy (non-hydrogen) atoms. The first-order valence-corrected chi connectivity index (χ1v) is 11.7. The number of fused-ring (bicyclic) bond motifs is 3. The van der Waals surface area contributed by atoms with Gasteiger partial charge in [-0.05, 0) is 41.5 Å². The highest BCUT2D eigenvalue weighted by atomic mass is 16.5. The molecule has 0 bridgehead atoms. The fourth-order valence-electron chi connectivity index (χ4n) is 5.20. The van der Waals surface area contributed by atoms with Gasteiger partial charge in [-0.2, -0.15) is 0 Å². The Kier molecular flexibility index (Phi) is 6.00. The van der Waals surface area contributed by atoms with Gasteiger partial charge in [-0.15, -0.1) is 0 Å². The molecule has 3 aliphatic rings. The number of carboxylic acid groups (broad SMARTS) is 1. The number of nitrogens with zero attached hydrogens (tertiary/aromatic N) is 1. The van der Waals surface area contributed by atoms with E-state index in [-0.39, 0.29) is 38.2 Å². The van der Waals surface area contributed by atoms with Crippen LogP contribution in [0, 0.1) is 5.92 Å². The van der Waals surface area contributed by atoms with E-state index < -0.39 is 23.5 Å². The fraction of sp³-hybridized carbons (Fsp3) is 0.423. The molecule has 0 aromatic heterocycles. The lowest BCUT2D eigenvalue weighted by atomic mass is 9.75. The zero-order chi connectivity index (χ0) is 23.7. The van der Waals surface area contributed by atoms with Crippen molar-refractivity contribution < 1.29 is 29.0 Å².